The van der Waals surface area contributed by atoms with Gasteiger partial charge in [-0.2, -0.15) is 0 Å². The van der Waals surface area contributed by atoms with Gasteiger partial charge < -0.3 is 10.1 Å². The van der Waals surface area contributed by atoms with Crippen molar-refractivity contribution < 1.29 is 18.7 Å². The van der Waals surface area contributed by atoms with Crippen LogP contribution in [0.5, 0.6) is 0 Å². The smallest absolute Gasteiger partial charge is 0.404 e. The predicted molar refractivity (Wildman–Crippen MR) is 103 cm³/mol. The lowest BCUT2D eigenvalue weighted by Gasteiger charge is -2.14. The fraction of sp³-hybridized carbons (Fsp3) is 0.238. The van der Waals surface area contributed by atoms with Gasteiger partial charge in [0, 0.05) is 17.3 Å². The van der Waals surface area contributed by atoms with Crippen LogP contribution in [0.15, 0.2) is 36.1 Å². The standard InChI is InChI=1S/C21H21FN2O3/c1-11(2)23-15-5-6-16(18(22)10-15)17-8-12(3)14(7-13(17)4)9-19-20(25)24-21(26)27-19/h5-11,23H,1-4H3,(H,24,25,26)/b19-9+. The molecule has 1 saturated heterocycles. The number of ether oxygens (including phenoxy) is 1. The first-order valence-corrected chi connectivity index (χ1v) is 8.67. The summed E-state index contributed by atoms with van der Waals surface area (Å²) < 4.78 is 19.5. The molecule has 2 aromatic carbocycles. The number of cyclic esters (lactones) is 1. The van der Waals surface area contributed by atoms with Crippen LogP contribution in [0.4, 0.5) is 14.9 Å². The van der Waals surface area contributed by atoms with Crippen LogP contribution in [-0.2, 0) is 9.53 Å². The summed E-state index contributed by atoms with van der Waals surface area (Å²) in [6, 6.07) is 9.02. The highest BCUT2D eigenvalue weighted by Crippen LogP contribution is 2.31. The third kappa shape index (κ3) is 4.00. The molecular weight excluding hydrogens is 347 g/mol. The number of aryl methyl sites for hydroxylation is 2. The molecule has 1 fully saturated rings. The molecule has 2 N–H and O–H groups in total. The Bertz CT molecular complexity index is 964. The van der Waals surface area contributed by atoms with Gasteiger partial charge in [0.1, 0.15) is 5.82 Å². The average Bonchev–Trinajstić information content (AvgIpc) is 2.88. The van der Waals surface area contributed by atoms with Crippen molar-refractivity contribution in [3.05, 3.63) is 58.6 Å². The largest absolute Gasteiger partial charge is 0.419 e. The van der Waals surface area contributed by atoms with E-state index in [0.717, 1.165) is 27.9 Å². The zero-order chi connectivity index (χ0) is 19.7. The number of hydrogen-bond acceptors (Lipinski definition) is 4. The molecular formula is C21H21FN2O3. The van der Waals surface area contributed by atoms with Crippen LogP contribution in [0.3, 0.4) is 0 Å². The molecule has 0 atom stereocenters. The highest BCUT2D eigenvalue weighted by molar-refractivity contribution is 6.10. The lowest BCUT2D eigenvalue weighted by Crippen LogP contribution is -2.18. The van der Waals surface area contributed by atoms with E-state index in [1.54, 1.807) is 6.07 Å². The van der Waals surface area contributed by atoms with Gasteiger partial charge in [-0.05, 0) is 74.2 Å². The molecule has 0 radical (unpaired) electrons. The summed E-state index contributed by atoms with van der Waals surface area (Å²) in [6.07, 6.45) is 0.729. The minimum Gasteiger partial charge on any atom is -0.404 e. The number of imide groups is 1. The third-order valence-electron chi connectivity index (χ3n) is 4.26. The molecule has 1 aliphatic rings. The van der Waals surface area contributed by atoms with E-state index in [-0.39, 0.29) is 17.6 Å². The molecule has 27 heavy (non-hydrogen) atoms. The summed E-state index contributed by atoms with van der Waals surface area (Å²) in [7, 11) is 0. The SMILES string of the molecule is Cc1cc(-c2ccc(NC(C)C)cc2F)c(C)cc1/C=C1/OC(=O)NC1=O. The van der Waals surface area contributed by atoms with Crippen molar-refractivity contribution in [1.82, 2.24) is 5.32 Å². The van der Waals surface area contributed by atoms with Gasteiger partial charge in [-0.15, -0.1) is 0 Å². The zero-order valence-electron chi connectivity index (χ0n) is 15.6. The van der Waals surface area contributed by atoms with Crippen molar-refractivity contribution in [2.75, 3.05) is 5.32 Å². The topological polar surface area (TPSA) is 67.4 Å². The van der Waals surface area contributed by atoms with E-state index >= 15 is 0 Å². The molecule has 6 heteroatoms. The van der Waals surface area contributed by atoms with Gasteiger partial charge in [-0.1, -0.05) is 12.1 Å². The Labute approximate surface area is 157 Å². The molecule has 0 bridgehead atoms. The van der Waals surface area contributed by atoms with E-state index in [9.17, 15) is 14.0 Å². The molecule has 3 rings (SSSR count). The number of rotatable bonds is 4. The zero-order valence-corrected chi connectivity index (χ0v) is 15.6. The van der Waals surface area contributed by atoms with Crippen molar-refractivity contribution in [1.29, 1.82) is 0 Å². The van der Waals surface area contributed by atoms with E-state index in [1.165, 1.54) is 12.1 Å². The summed E-state index contributed by atoms with van der Waals surface area (Å²) in [6.45, 7) is 7.72. The third-order valence-corrected chi connectivity index (χ3v) is 4.26. The molecule has 0 aromatic heterocycles. The Kier molecular flexibility index (Phi) is 4.99. The molecule has 1 heterocycles. The Morgan fingerprint density at radius 3 is 2.41 bits per heavy atom. The summed E-state index contributed by atoms with van der Waals surface area (Å²) >= 11 is 0. The second-order valence-corrected chi connectivity index (χ2v) is 6.87. The van der Waals surface area contributed by atoms with Crippen LogP contribution in [0.1, 0.15) is 30.5 Å². The number of benzene rings is 2. The van der Waals surface area contributed by atoms with Gasteiger partial charge in [0.25, 0.3) is 5.91 Å². The van der Waals surface area contributed by atoms with Crippen molar-refractivity contribution in [3.8, 4) is 11.1 Å². The highest BCUT2D eigenvalue weighted by Gasteiger charge is 2.26. The van der Waals surface area contributed by atoms with Crippen LogP contribution in [-0.4, -0.2) is 18.0 Å². The first-order valence-electron chi connectivity index (χ1n) is 8.67. The summed E-state index contributed by atoms with van der Waals surface area (Å²) in [4.78, 5) is 22.8. The number of halogens is 1. The Hall–Kier alpha value is -3.15. The van der Waals surface area contributed by atoms with Gasteiger partial charge in [0.15, 0.2) is 5.76 Å². The number of amides is 2. The summed E-state index contributed by atoms with van der Waals surface area (Å²) in [5.74, 6) is -0.927. The van der Waals surface area contributed by atoms with Gasteiger partial charge >= 0.3 is 6.09 Å². The second-order valence-electron chi connectivity index (χ2n) is 6.87. The van der Waals surface area contributed by atoms with Gasteiger partial charge in [0.05, 0.1) is 0 Å². The lowest BCUT2D eigenvalue weighted by molar-refractivity contribution is -0.116. The first-order chi connectivity index (χ1) is 12.7. The summed E-state index contributed by atoms with van der Waals surface area (Å²) in [5.41, 5.74) is 4.43. The maximum absolute atomic E-state index is 14.7. The predicted octanol–water partition coefficient (Wildman–Crippen LogP) is 4.54. The molecule has 0 saturated carbocycles. The molecule has 2 aromatic rings. The molecule has 140 valence electrons. The number of anilines is 1. The van der Waals surface area contributed by atoms with Gasteiger partial charge in [-0.25, -0.2) is 9.18 Å². The van der Waals surface area contributed by atoms with Crippen LogP contribution in [0, 0.1) is 19.7 Å². The molecule has 0 spiro atoms. The van der Waals surface area contributed by atoms with Crippen LogP contribution < -0.4 is 10.6 Å². The van der Waals surface area contributed by atoms with Crippen LogP contribution >= 0.6 is 0 Å². The molecule has 5 nitrogen and oxygen atoms in total. The Balaban J connectivity index is 1.97. The van der Waals surface area contributed by atoms with Gasteiger partial charge in [-0.3, -0.25) is 10.1 Å². The Morgan fingerprint density at radius 1 is 1.07 bits per heavy atom. The molecule has 1 aliphatic heterocycles. The van der Waals surface area contributed by atoms with Crippen molar-refractivity contribution in [2.45, 2.75) is 33.7 Å². The van der Waals surface area contributed by atoms with E-state index in [2.05, 4.69) is 10.6 Å². The maximum Gasteiger partial charge on any atom is 0.419 e. The van der Waals surface area contributed by atoms with E-state index < -0.39 is 12.0 Å². The van der Waals surface area contributed by atoms with Crippen molar-refractivity contribution in [2.24, 2.45) is 0 Å². The average molecular weight is 368 g/mol. The number of hydrogen-bond donors (Lipinski definition) is 2. The van der Waals surface area contributed by atoms with E-state index in [4.69, 9.17) is 4.74 Å². The molecule has 0 aliphatic carbocycles. The fourth-order valence-electron chi connectivity index (χ4n) is 3.00. The number of carbonyl (C=O) groups is 2. The summed E-state index contributed by atoms with van der Waals surface area (Å²) in [5, 5.41) is 5.24. The van der Waals surface area contributed by atoms with Crippen LogP contribution in [0.2, 0.25) is 0 Å². The van der Waals surface area contributed by atoms with Crippen LogP contribution in [0.25, 0.3) is 17.2 Å². The van der Waals surface area contributed by atoms with Gasteiger partial charge in [0.2, 0.25) is 0 Å². The van der Waals surface area contributed by atoms with Crippen molar-refractivity contribution >= 4 is 23.8 Å². The van der Waals surface area contributed by atoms with E-state index in [1.807, 2.05) is 45.9 Å². The van der Waals surface area contributed by atoms with E-state index in [0.29, 0.717) is 5.56 Å². The number of alkyl carbamates (subject to hydrolysis) is 1. The monoisotopic (exact) mass is 368 g/mol. The maximum atomic E-state index is 14.7. The normalized spacial score (nSPS) is 15.3. The van der Waals surface area contributed by atoms with Crippen molar-refractivity contribution in [3.63, 3.8) is 0 Å². The number of carbonyl (C=O) groups excluding carboxylic acids is 2. The lowest BCUT2D eigenvalue weighted by atomic mass is 9.94. The minimum absolute atomic E-state index is 0.0504. The molecule has 0 unspecified atom stereocenters. The highest BCUT2D eigenvalue weighted by atomic mass is 19.1. The second kappa shape index (κ2) is 7.23. The molecule has 2 amide bonds. The minimum atomic E-state index is -0.783. The number of nitrogens with one attached hydrogen (secondary N) is 2. The fourth-order valence-corrected chi connectivity index (χ4v) is 3.00. The quantitative estimate of drug-likeness (QED) is 0.778. The first kappa shape index (κ1) is 18.6. The Morgan fingerprint density at radius 2 is 1.81 bits per heavy atom.